The van der Waals surface area contributed by atoms with Crippen molar-refractivity contribution in [3.05, 3.63) is 0 Å². The van der Waals surface area contributed by atoms with Gasteiger partial charge in [-0.3, -0.25) is 4.79 Å². The average Bonchev–Trinajstić information content (AvgIpc) is 2.76. The number of nitrogens with one attached hydrogen (secondary N) is 2. The van der Waals surface area contributed by atoms with E-state index in [1.54, 1.807) is 0 Å². The molecule has 1 fully saturated rings. The van der Waals surface area contributed by atoms with Crippen LogP contribution in [0.2, 0.25) is 0 Å². The molecule has 1 saturated heterocycles. The van der Waals surface area contributed by atoms with E-state index in [4.69, 9.17) is 0 Å². The minimum atomic E-state index is -0.188. The van der Waals surface area contributed by atoms with Crippen LogP contribution in [0.1, 0.15) is 53.9 Å². The van der Waals surface area contributed by atoms with E-state index in [1.807, 2.05) is 0 Å². The SMILES string of the molecule is CC(C)CCC(C)NC(=O)C1(C(C)C)CCNC1. The van der Waals surface area contributed by atoms with Crippen molar-refractivity contribution < 1.29 is 4.79 Å². The zero-order valence-electron chi connectivity index (χ0n) is 12.7. The molecule has 0 aromatic heterocycles. The van der Waals surface area contributed by atoms with Gasteiger partial charge in [-0.05, 0) is 44.6 Å². The van der Waals surface area contributed by atoms with Crippen molar-refractivity contribution >= 4 is 5.91 Å². The quantitative estimate of drug-likeness (QED) is 0.765. The zero-order chi connectivity index (χ0) is 13.8. The van der Waals surface area contributed by atoms with E-state index < -0.39 is 0 Å². The summed E-state index contributed by atoms with van der Waals surface area (Å²) in [6, 6.07) is 0.288. The van der Waals surface area contributed by atoms with Crippen molar-refractivity contribution in [2.45, 2.75) is 59.9 Å². The summed E-state index contributed by atoms with van der Waals surface area (Å²) in [6.07, 6.45) is 3.22. The molecule has 18 heavy (non-hydrogen) atoms. The lowest BCUT2D eigenvalue weighted by Gasteiger charge is -2.32. The van der Waals surface area contributed by atoms with Gasteiger partial charge < -0.3 is 10.6 Å². The Kier molecular flexibility index (Phi) is 5.64. The third kappa shape index (κ3) is 3.71. The maximum absolute atomic E-state index is 12.5. The Morgan fingerprint density at radius 1 is 1.22 bits per heavy atom. The maximum Gasteiger partial charge on any atom is 0.228 e. The van der Waals surface area contributed by atoms with Crippen LogP contribution in [0.3, 0.4) is 0 Å². The highest BCUT2D eigenvalue weighted by Crippen LogP contribution is 2.34. The highest BCUT2D eigenvalue weighted by molar-refractivity contribution is 5.83. The molecule has 0 aromatic carbocycles. The first-order chi connectivity index (χ1) is 8.38. The molecule has 1 amide bonds. The maximum atomic E-state index is 12.5. The van der Waals surface area contributed by atoms with Crippen LogP contribution >= 0.6 is 0 Å². The van der Waals surface area contributed by atoms with E-state index in [9.17, 15) is 4.79 Å². The molecule has 1 aliphatic rings. The van der Waals surface area contributed by atoms with Crippen molar-refractivity contribution in [2.75, 3.05) is 13.1 Å². The molecule has 1 rings (SSSR count). The summed E-state index contributed by atoms with van der Waals surface area (Å²) >= 11 is 0. The minimum Gasteiger partial charge on any atom is -0.353 e. The van der Waals surface area contributed by atoms with Gasteiger partial charge in [-0.15, -0.1) is 0 Å². The summed E-state index contributed by atoms with van der Waals surface area (Å²) in [6.45, 7) is 12.7. The normalized spacial score (nSPS) is 25.7. The number of carbonyl (C=O) groups excluding carboxylic acids is 1. The lowest BCUT2D eigenvalue weighted by molar-refractivity contribution is -0.133. The summed E-state index contributed by atoms with van der Waals surface area (Å²) < 4.78 is 0. The van der Waals surface area contributed by atoms with E-state index in [1.165, 1.54) is 6.42 Å². The molecule has 0 bridgehead atoms. The summed E-state index contributed by atoms with van der Waals surface area (Å²) in [7, 11) is 0. The second-order valence-electron chi connectivity index (χ2n) is 6.58. The molecule has 0 aromatic rings. The predicted molar refractivity (Wildman–Crippen MR) is 76.4 cm³/mol. The van der Waals surface area contributed by atoms with Crippen molar-refractivity contribution in [1.82, 2.24) is 10.6 Å². The minimum absolute atomic E-state index is 0.188. The molecule has 3 heteroatoms. The van der Waals surface area contributed by atoms with Crippen LogP contribution < -0.4 is 10.6 Å². The Labute approximate surface area is 112 Å². The molecule has 2 N–H and O–H groups in total. The van der Waals surface area contributed by atoms with Crippen molar-refractivity contribution in [2.24, 2.45) is 17.3 Å². The first-order valence-corrected chi connectivity index (χ1v) is 7.40. The van der Waals surface area contributed by atoms with Crippen LogP contribution in [0, 0.1) is 17.3 Å². The largest absolute Gasteiger partial charge is 0.353 e. The van der Waals surface area contributed by atoms with Crippen LogP contribution in [0.5, 0.6) is 0 Å². The molecule has 1 aliphatic heterocycles. The fourth-order valence-electron chi connectivity index (χ4n) is 2.68. The van der Waals surface area contributed by atoms with Gasteiger partial charge in [0.25, 0.3) is 0 Å². The lowest BCUT2D eigenvalue weighted by Crippen LogP contribution is -2.48. The summed E-state index contributed by atoms with van der Waals surface area (Å²) in [5, 5.41) is 6.56. The third-order valence-electron chi connectivity index (χ3n) is 4.30. The lowest BCUT2D eigenvalue weighted by atomic mass is 9.75. The van der Waals surface area contributed by atoms with Gasteiger partial charge in [-0.2, -0.15) is 0 Å². The molecule has 3 nitrogen and oxygen atoms in total. The Morgan fingerprint density at radius 2 is 1.89 bits per heavy atom. The number of rotatable bonds is 6. The molecule has 2 unspecified atom stereocenters. The second kappa shape index (κ2) is 6.55. The molecule has 0 saturated carbocycles. The van der Waals surface area contributed by atoms with Crippen LogP contribution in [0.4, 0.5) is 0 Å². The molecular formula is C15H30N2O. The second-order valence-corrected chi connectivity index (χ2v) is 6.58. The van der Waals surface area contributed by atoms with E-state index in [0.717, 1.165) is 25.9 Å². The fraction of sp³-hybridized carbons (Fsp3) is 0.933. The van der Waals surface area contributed by atoms with Crippen molar-refractivity contribution in [1.29, 1.82) is 0 Å². The monoisotopic (exact) mass is 254 g/mol. The van der Waals surface area contributed by atoms with Crippen molar-refractivity contribution in [3.8, 4) is 0 Å². The third-order valence-corrected chi connectivity index (χ3v) is 4.30. The van der Waals surface area contributed by atoms with Gasteiger partial charge >= 0.3 is 0 Å². The van der Waals surface area contributed by atoms with Crippen molar-refractivity contribution in [3.63, 3.8) is 0 Å². The summed E-state index contributed by atoms with van der Waals surface area (Å²) in [4.78, 5) is 12.5. The van der Waals surface area contributed by atoms with Gasteiger partial charge in [-0.25, -0.2) is 0 Å². The standard InChI is InChI=1S/C15H30N2O/c1-11(2)6-7-13(5)17-14(18)15(12(3)4)8-9-16-10-15/h11-13,16H,6-10H2,1-5H3,(H,17,18). The number of hydrogen-bond donors (Lipinski definition) is 2. The van der Waals surface area contributed by atoms with E-state index in [0.29, 0.717) is 11.8 Å². The Morgan fingerprint density at radius 3 is 2.33 bits per heavy atom. The van der Waals surface area contributed by atoms with Gasteiger partial charge in [-0.1, -0.05) is 27.7 Å². The van der Waals surface area contributed by atoms with Crippen LogP contribution in [-0.4, -0.2) is 25.0 Å². The summed E-state index contributed by atoms with van der Waals surface area (Å²) in [5.41, 5.74) is -0.188. The Balaban J connectivity index is 2.52. The number of carbonyl (C=O) groups is 1. The molecule has 2 atom stereocenters. The highest BCUT2D eigenvalue weighted by Gasteiger charge is 2.43. The highest BCUT2D eigenvalue weighted by atomic mass is 16.2. The van der Waals surface area contributed by atoms with Gasteiger partial charge in [0, 0.05) is 12.6 Å². The topological polar surface area (TPSA) is 41.1 Å². The average molecular weight is 254 g/mol. The Bertz CT molecular complexity index is 268. The predicted octanol–water partition coefficient (Wildman–Crippen LogP) is 2.56. The first kappa shape index (κ1) is 15.5. The smallest absolute Gasteiger partial charge is 0.228 e. The van der Waals surface area contributed by atoms with E-state index >= 15 is 0 Å². The van der Waals surface area contributed by atoms with Gasteiger partial charge in [0.1, 0.15) is 0 Å². The fourth-order valence-corrected chi connectivity index (χ4v) is 2.68. The molecule has 106 valence electrons. The molecule has 0 aliphatic carbocycles. The van der Waals surface area contributed by atoms with Gasteiger partial charge in [0.2, 0.25) is 5.91 Å². The van der Waals surface area contributed by atoms with E-state index in [-0.39, 0.29) is 17.4 Å². The van der Waals surface area contributed by atoms with Crippen LogP contribution in [0.25, 0.3) is 0 Å². The summed E-state index contributed by atoms with van der Waals surface area (Å²) in [5.74, 6) is 1.35. The first-order valence-electron chi connectivity index (χ1n) is 7.40. The Hall–Kier alpha value is -0.570. The van der Waals surface area contributed by atoms with Crippen LogP contribution in [-0.2, 0) is 4.79 Å². The van der Waals surface area contributed by atoms with Crippen LogP contribution in [0.15, 0.2) is 0 Å². The van der Waals surface area contributed by atoms with E-state index in [2.05, 4.69) is 45.3 Å². The molecule has 0 spiro atoms. The molecular weight excluding hydrogens is 224 g/mol. The zero-order valence-corrected chi connectivity index (χ0v) is 12.7. The number of amides is 1. The number of hydrogen-bond acceptors (Lipinski definition) is 2. The molecule has 0 radical (unpaired) electrons. The van der Waals surface area contributed by atoms with Gasteiger partial charge in [0.15, 0.2) is 0 Å². The van der Waals surface area contributed by atoms with Gasteiger partial charge in [0.05, 0.1) is 5.41 Å². The molecule has 1 heterocycles.